The fourth-order valence-corrected chi connectivity index (χ4v) is 1.87. The number of carbonyl (C=O) groups is 1. The van der Waals surface area contributed by atoms with Gasteiger partial charge in [0.2, 0.25) is 0 Å². The van der Waals surface area contributed by atoms with Crippen LogP contribution in [0.2, 0.25) is 0 Å². The smallest absolute Gasteiger partial charge is 0.126 e. The van der Waals surface area contributed by atoms with E-state index in [4.69, 9.17) is 0 Å². The van der Waals surface area contributed by atoms with Gasteiger partial charge in [-0.05, 0) is 26.6 Å². The summed E-state index contributed by atoms with van der Waals surface area (Å²) in [4.78, 5) is 15.6. The maximum atomic E-state index is 10.8. The van der Waals surface area contributed by atoms with E-state index in [9.17, 15) is 4.79 Å². The highest BCUT2D eigenvalue weighted by atomic mass is 16.1. The van der Waals surface area contributed by atoms with Crippen molar-refractivity contribution in [2.24, 2.45) is 5.41 Å². The number of hydrogen-bond donors (Lipinski definition) is 0. The molecule has 0 bridgehead atoms. The standard InChI is InChI=1S/C11H22N2O/c1-11(2,10-14)9-13-6-4-5-12(3)7-8-13/h10H,4-9H2,1-3H3. The Hall–Kier alpha value is -0.410. The van der Waals surface area contributed by atoms with Crippen molar-refractivity contribution in [3.63, 3.8) is 0 Å². The molecule has 0 amide bonds. The molecule has 1 fully saturated rings. The topological polar surface area (TPSA) is 23.6 Å². The maximum Gasteiger partial charge on any atom is 0.126 e. The van der Waals surface area contributed by atoms with E-state index in [-0.39, 0.29) is 5.41 Å². The molecular weight excluding hydrogens is 176 g/mol. The summed E-state index contributed by atoms with van der Waals surface area (Å²) in [5.41, 5.74) is -0.192. The van der Waals surface area contributed by atoms with E-state index >= 15 is 0 Å². The largest absolute Gasteiger partial charge is 0.305 e. The molecule has 0 aliphatic carbocycles. The summed E-state index contributed by atoms with van der Waals surface area (Å²) in [6.07, 6.45) is 2.28. The molecule has 3 heteroatoms. The van der Waals surface area contributed by atoms with Gasteiger partial charge >= 0.3 is 0 Å². The predicted molar refractivity (Wildman–Crippen MR) is 58.4 cm³/mol. The van der Waals surface area contributed by atoms with Gasteiger partial charge in [0, 0.05) is 25.0 Å². The number of hydrogen-bond acceptors (Lipinski definition) is 3. The lowest BCUT2D eigenvalue weighted by atomic mass is 9.95. The van der Waals surface area contributed by atoms with Crippen LogP contribution in [0.25, 0.3) is 0 Å². The zero-order valence-electron chi connectivity index (χ0n) is 9.62. The molecule has 0 saturated carbocycles. The van der Waals surface area contributed by atoms with E-state index < -0.39 is 0 Å². The zero-order chi connectivity index (χ0) is 10.6. The van der Waals surface area contributed by atoms with Crippen LogP contribution in [0.15, 0.2) is 0 Å². The van der Waals surface area contributed by atoms with Crippen LogP contribution >= 0.6 is 0 Å². The van der Waals surface area contributed by atoms with Crippen LogP contribution in [0.4, 0.5) is 0 Å². The van der Waals surface area contributed by atoms with Crippen LogP contribution in [0, 0.1) is 5.41 Å². The fraction of sp³-hybridized carbons (Fsp3) is 0.909. The lowest BCUT2D eigenvalue weighted by Crippen LogP contribution is -2.37. The molecule has 1 aliphatic rings. The van der Waals surface area contributed by atoms with Crippen LogP contribution in [0.3, 0.4) is 0 Å². The summed E-state index contributed by atoms with van der Waals surface area (Å²) in [6.45, 7) is 9.43. The average Bonchev–Trinajstić information content (AvgIpc) is 2.31. The Kier molecular flexibility index (Phi) is 4.08. The molecule has 1 heterocycles. The molecule has 0 unspecified atom stereocenters. The highest BCUT2D eigenvalue weighted by Crippen LogP contribution is 2.14. The Bertz CT molecular complexity index is 192. The van der Waals surface area contributed by atoms with Crippen LogP contribution in [-0.4, -0.2) is 55.9 Å². The Morgan fingerprint density at radius 3 is 2.57 bits per heavy atom. The molecule has 0 aromatic carbocycles. The first kappa shape index (κ1) is 11.7. The van der Waals surface area contributed by atoms with Gasteiger partial charge in [-0.3, -0.25) is 0 Å². The molecule has 0 aromatic rings. The highest BCUT2D eigenvalue weighted by Gasteiger charge is 2.22. The van der Waals surface area contributed by atoms with E-state index in [1.807, 2.05) is 13.8 Å². The Balaban J connectivity index is 2.41. The normalized spacial score (nSPS) is 21.9. The third-order valence-electron chi connectivity index (χ3n) is 2.76. The Morgan fingerprint density at radius 1 is 1.21 bits per heavy atom. The van der Waals surface area contributed by atoms with Crippen LogP contribution in [-0.2, 0) is 4.79 Å². The summed E-state index contributed by atoms with van der Waals surface area (Å²) in [7, 11) is 2.16. The minimum atomic E-state index is -0.192. The second kappa shape index (κ2) is 4.89. The molecule has 14 heavy (non-hydrogen) atoms. The second-order valence-electron chi connectivity index (χ2n) is 5.04. The highest BCUT2D eigenvalue weighted by molar-refractivity contribution is 5.58. The van der Waals surface area contributed by atoms with Gasteiger partial charge in [0.15, 0.2) is 0 Å². The summed E-state index contributed by atoms with van der Waals surface area (Å²) in [6, 6.07) is 0. The van der Waals surface area contributed by atoms with Gasteiger partial charge in [-0.2, -0.15) is 0 Å². The second-order valence-corrected chi connectivity index (χ2v) is 5.04. The van der Waals surface area contributed by atoms with Gasteiger partial charge in [0.1, 0.15) is 6.29 Å². The van der Waals surface area contributed by atoms with Gasteiger partial charge in [-0.1, -0.05) is 13.8 Å². The van der Waals surface area contributed by atoms with Crippen molar-refractivity contribution in [3.8, 4) is 0 Å². The molecule has 3 nitrogen and oxygen atoms in total. The first-order valence-corrected chi connectivity index (χ1v) is 5.41. The first-order chi connectivity index (χ1) is 6.53. The van der Waals surface area contributed by atoms with Crippen molar-refractivity contribution in [2.45, 2.75) is 20.3 Å². The van der Waals surface area contributed by atoms with Crippen molar-refractivity contribution < 1.29 is 4.79 Å². The van der Waals surface area contributed by atoms with Crippen molar-refractivity contribution in [1.29, 1.82) is 0 Å². The van der Waals surface area contributed by atoms with Crippen LogP contribution in [0.5, 0.6) is 0 Å². The van der Waals surface area contributed by atoms with Gasteiger partial charge < -0.3 is 14.6 Å². The monoisotopic (exact) mass is 198 g/mol. The van der Waals surface area contributed by atoms with Crippen LogP contribution < -0.4 is 0 Å². The lowest BCUT2D eigenvalue weighted by molar-refractivity contribution is -0.115. The third kappa shape index (κ3) is 3.76. The predicted octanol–water partition coefficient (Wildman–Crippen LogP) is 0.849. The molecule has 1 rings (SSSR count). The third-order valence-corrected chi connectivity index (χ3v) is 2.76. The van der Waals surface area contributed by atoms with E-state index in [0.717, 1.165) is 32.5 Å². The Labute approximate surface area is 87.1 Å². The summed E-state index contributed by atoms with van der Waals surface area (Å²) >= 11 is 0. The van der Waals surface area contributed by atoms with Gasteiger partial charge in [-0.15, -0.1) is 0 Å². The molecule has 0 atom stereocenters. The van der Waals surface area contributed by atoms with E-state index in [2.05, 4.69) is 16.8 Å². The van der Waals surface area contributed by atoms with Crippen molar-refractivity contribution >= 4 is 6.29 Å². The number of nitrogens with zero attached hydrogens (tertiary/aromatic N) is 2. The van der Waals surface area contributed by atoms with E-state index in [1.165, 1.54) is 13.0 Å². The quantitative estimate of drug-likeness (QED) is 0.628. The molecule has 82 valence electrons. The number of rotatable bonds is 3. The fourth-order valence-electron chi connectivity index (χ4n) is 1.87. The number of carbonyl (C=O) groups excluding carboxylic acids is 1. The lowest BCUT2D eigenvalue weighted by Gasteiger charge is -2.27. The van der Waals surface area contributed by atoms with Crippen molar-refractivity contribution in [2.75, 3.05) is 39.8 Å². The molecule has 0 spiro atoms. The molecule has 0 aromatic heterocycles. The minimum absolute atomic E-state index is 0.192. The molecule has 0 N–H and O–H groups in total. The molecule has 0 radical (unpaired) electrons. The zero-order valence-corrected chi connectivity index (χ0v) is 9.62. The van der Waals surface area contributed by atoms with E-state index in [1.54, 1.807) is 0 Å². The van der Waals surface area contributed by atoms with Crippen LogP contribution in [0.1, 0.15) is 20.3 Å². The summed E-state index contributed by atoms with van der Waals surface area (Å²) in [5.74, 6) is 0. The number of aldehydes is 1. The first-order valence-electron chi connectivity index (χ1n) is 5.41. The summed E-state index contributed by atoms with van der Waals surface area (Å²) in [5, 5.41) is 0. The Morgan fingerprint density at radius 2 is 1.93 bits per heavy atom. The average molecular weight is 198 g/mol. The van der Waals surface area contributed by atoms with Gasteiger partial charge in [0.05, 0.1) is 0 Å². The van der Waals surface area contributed by atoms with Gasteiger partial charge in [-0.25, -0.2) is 0 Å². The number of likely N-dealkylation sites (N-methyl/N-ethyl adjacent to an activating group) is 1. The molecule has 1 aliphatic heterocycles. The van der Waals surface area contributed by atoms with Gasteiger partial charge in [0.25, 0.3) is 0 Å². The molecular formula is C11H22N2O. The van der Waals surface area contributed by atoms with Crippen molar-refractivity contribution in [1.82, 2.24) is 9.80 Å². The maximum absolute atomic E-state index is 10.8. The minimum Gasteiger partial charge on any atom is -0.305 e. The van der Waals surface area contributed by atoms with Crippen molar-refractivity contribution in [3.05, 3.63) is 0 Å². The SMILES string of the molecule is CN1CCCN(CC(C)(C)C=O)CC1. The van der Waals surface area contributed by atoms with E-state index in [0.29, 0.717) is 0 Å². The molecule has 1 saturated heterocycles. The summed E-state index contributed by atoms with van der Waals surface area (Å²) < 4.78 is 0.